The third kappa shape index (κ3) is 2.87. The highest BCUT2D eigenvalue weighted by atomic mass is 35.5. The normalized spacial score (nSPS) is 14.5. The predicted molar refractivity (Wildman–Crippen MR) is 97.0 cm³/mol. The van der Waals surface area contributed by atoms with Crippen molar-refractivity contribution in [2.45, 2.75) is 6.54 Å². The van der Waals surface area contributed by atoms with Crippen LogP contribution in [0, 0.1) is 0 Å². The number of thioether (sulfide) groups is 1. The Kier molecular flexibility index (Phi) is 4.16. The second kappa shape index (κ2) is 6.45. The van der Waals surface area contributed by atoms with E-state index in [1.165, 1.54) is 0 Å². The molecule has 0 spiro atoms. The van der Waals surface area contributed by atoms with E-state index < -0.39 is 0 Å². The Balaban J connectivity index is 1.78. The lowest BCUT2D eigenvalue weighted by Gasteiger charge is -2.16. The van der Waals surface area contributed by atoms with Crippen LogP contribution in [0.2, 0.25) is 5.02 Å². The van der Waals surface area contributed by atoms with Crippen molar-refractivity contribution in [2.75, 3.05) is 18.2 Å². The van der Waals surface area contributed by atoms with E-state index in [-0.39, 0.29) is 12.5 Å². The Bertz CT molecular complexity index is 887. The molecule has 0 aliphatic carbocycles. The van der Waals surface area contributed by atoms with Gasteiger partial charge in [0.1, 0.15) is 17.9 Å². The van der Waals surface area contributed by atoms with E-state index in [2.05, 4.69) is 9.97 Å². The number of halogens is 1. The third-order valence-electron chi connectivity index (χ3n) is 4.00. The maximum Gasteiger partial charge on any atom is 0.243 e. The Labute approximate surface area is 148 Å². The van der Waals surface area contributed by atoms with Gasteiger partial charge in [0, 0.05) is 29.1 Å². The Morgan fingerprint density at radius 2 is 2.08 bits per heavy atom. The maximum absolute atomic E-state index is 12.6. The summed E-state index contributed by atoms with van der Waals surface area (Å²) in [6.07, 6.45) is 1.72. The van der Waals surface area contributed by atoms with Crippen molar-refractivity contribution in [2.24, 2.45) is 0 Å². The van der Waals surface area contributed by atoms with Crippen molar-refractivity contribution in [1.82, 2.24) is 19.4 Å². The van der Waals surface area contributed by atoms with Crippen molar-refractivity contribution < 1.29 is 4.79 Å². The molecule has 1 fully saturated rings. The molecule has 1 saturated heterocycles. The van der Waals surface area contributed by atoms with Gasteiger partial charge in [-0.15, -0.1) is 11.8 Å². The molecule has 0 unspecified atom stereocenters. The molecule has 1 aromatic carbocycles. The number of carbonyl (C=O) groups is 1. The molecule has 1 amide bonds. The average Bonchev–Trinajstić information content (AvgIpc) is 3.24. The molecule has 3 heterocycles. The molecule has 2 aromatic heterocycles. The lowest BCUT2D eigenvalue weighted by atomic mass is 10.2. The molecule has 0 bridgehead atoms. The van der Waals surface area contributed by atoms with Crippen LogP contribution in [0.25, 0.3) is 22.6 Å². The molecule has 122 valence electrons. The number of hydrogen-bond acceptors (Lipinski definition) is 4. The number of imidazole rings is 1. The first-order valence-electron chi connectivity index (χ1n) is 7.65. The second-order valence-electron chi connectivity index (χ2n) is 5.57. The molecule has 5 nitrogen and oxygen atoms in total. The number of rotatable bonds is 3. The number of aromatic nitrogens is 3. The third-order valence-corrected chi connectivity index (χ3v) is 5.22. The fourth-order valence-electron chi connectivity index (χ4n) is 2.77. The minimum absolute atomic E-state index is 0.0974. The van der Waals surface area contributed by atoms with Crippen LogP contribution in [0.4, 0.5) is 0 Å². The van der Waals surface area contributed by atoms with Crippen molar-refractivity contribution in [3.8, 4) is 11.4 Å². The van der Waals surface area contributed by atoms with E-state index in [4.69, 9.17) is 11.6 Å². The Morgan fingerprint density at radius 1 is 1.25 bits per heavy atom. The Hall–Kier alpha value is -2.05. The molecule has 0 saturated carbocycles. The fraction of sp³-hybridized carbons (Fsp3) is 0.235. The van der Waals surface area contributed by atoms with Crippen molar-refractivity contribution in [3.05, 3.63) is 47.6 Å². The van der Waals surface area contributed by atoms with Crippen LogP contribution in [0.1, 0.15) is 0 Å². The van der Waals surface area contributed by atoms with Gasteiger partial charge < -0.3 is 4.90 Å². The number of amides is 1. The standard InChI is InChI=1S/C17H15ClN4OS/c18-13-5-3-12(4-6-13)16-20-14-2-1-7-19-17(14)22(16)10-15(23)21-8-9-24-11-21/h1-7H,8-11H2. The van der Waals surface area contributed by atoms with Gasteiger partial charge in [-0.25, -0.2) is 9.97 Å². The van der Waals surface area contributed by atoms with Gasteiger partial charge in [0.15, 0.2) is 5.65 Å². The van der Waals surface area contributed by atoms with Gasteiger partial charge in [0.2, 0.25) is 5.91 Å². The lowest BCUT2D eigenvalue weighted by molar-refractivity contribution is -0.130. The van der Waals surface area contributed by atoms with Gasteiger partial charge in [-0.05, 0) is 36.4 Å². The molecule has 0 N–H and O–H groups in total. The minimum atomic E-state index is 0.0974. The number of pyridine rings is 1. The van der Waals surface area contributed by atoms with E-state index in [1.54, 1.807) is 18.0 Å². The van der Waals surface area contributed by atoms with E-state index in [1.807, 2.05) is 45.9 Å². The van der Waals surface area contributed by atoms with Crippen molar-refractivity contribution >= 4 is 40.4 Å². The van der Waals surface area contributed by atoms with Crippen LogP contribution in [-0.4, -0.2) is 43.5 Å². The van der Waals surface area contributed by atoms with Crippen LogP contribution in [0.5, 0.6) is 0 Å². The van der Waals surface area contributed by atoms with Gasteiger partial charge >= 0.3 is 0 Å². The van der Waals surface area contributed by atoms with Crippen molar-refractivity contribution in [3.63, 3.8) is 0 Å². The zero-order valence-corrected chi connectivity index (χ0v) is 14.4. The largest absolute Gasteiger partial charge is 0.331 e. The van der Waals surface area contributed by atoms with E-state index in [0.29, 0.717) is 5.02 Å². The average molecular weight is 359 g/mol. The van der Waals surface area contributed by atoms with Gasteiger partial charge in [-0.3, -0.25) is 9.36 Å². The predicted octanol–water partition coefficient (Wildman–Crippen LogP) is 3.28. The van der Waals surface area contributed by atoms with Crippen LogP contribution in [0.3, 0.4) is 0 Å². The highest BCUT2D eigenvalue weighted by Gasteiger charge is 2.22. The first-order chi connectivity index (χ1) is 11.7. The molecule has 24 heavy (non-hydrogen) atoms. The quantitative estimate of drug-likeness (QED) is 0.721. The van der Waals surface area contributed by atoms with Crippen LogP contribution < -0.4 is 0 Å². The van der Waals surface area contributed by atoms with Crippen LogP contribution in [-0.2, 0) is 11.3 Å². The maximum atomic E-state index is 12.6. The summed E-state index contributed by atoms with van der Waals surface area (Å²) in [7, 11) is 0. The number of benzene rings is 1. The molecule has 1 aliphatic rings. The summed E-state index contributed by atoms with van der Waals surface area (Å²) < 4.78 is 1.89. The Morgan fingerprint density at radius 3 is 2.83 bits per heavy atom. The van der Waals surface area contributed by atoms with Crippen LogP contribution in [0.15, 0.2) is 42.6 Å². The first kappa shape index (κ1) is 15.5. The molecule has 1 aliphatic heterocycles. The zero-order valence-electron chi connectivity index (χ0n) is 12.9. The fourth-order valence-corrected chi connectivity index (χ4v) is 3.87. The van der Waals surface area contributed by atoms with E-state index in [9.17, 15) is 4.79 Å². The van der Waals surface area contributed by atoms with Gasteiger partial charge in [-0.1, -0.05) is 11.6 Å². The first-order valence-corrected chi connectivity index (χ1v) is 9.18. The SMILES string of the molecule is O=C(Cn1c(-c2ccc(Cl)cc2)nc2cccnc21)N1CCSC1. The van der Waals surface area contributed by atoms with E-state index >= 15 is 0 Å². The molecule has 3 aromatic rings. The van der Waals surface area contributed by atoms with Crippen molar-refractivity contribution in [1.29, 1.82) is 0 Å². The highest BCUT2D eigenvalue weighted by molar-refractivity contribution is 7.99. The topological polar surface area (TPSA) is 51.0 Å². The summed E-state index contributed by atoms with van der Waals surface area (Å²) in [5.74, 6) is 2.59. The number of nitrogens with zero attached hydrogens (tertiary/aromatic N) is 4. The van der Waals surface area contributed by atoms with Gasteiger partial charge in [-0.2, -0.15) is 0 Å². The monoisotopic (exact) mass is 358 g/mol. The molecule has 7 heteroatoms. The summed E-state index contributed by atoms with van der Waals surface area (Å²) in [5.41, 5.74) is 2.43. The smallest absolute Gasteiger partial charge is 0.243 e. The number of fused-ring (bicyclic) bond motifs is 1. The second-order valence-corrected chi connectivity index (χ2v) is 7.08. The minimum Gasteiger partial charge on any atom is -0.331 e. The zero-order chi connectivity index (χ0) is 16.5. The van der Waals surface area contributed by atoms with Gasteiger partial charge in [0.25, 0.3) is 0 Å². The summed E-state index contributed by atoms with van der Waals surface area (Å²) in [5, 5.41) is 0.671. The van der Waals surface area contributed by atoms with E-state index in [0.717, 1.165) is 40.7 Å². The highest BCUT2D eigenvalue weighted by Crippen LogP contribution is 2.25. The number of carbonyl (C=O) groups excluding carboxylic acids is 1. The lowest BCUT2D eigenvalue weighted by Crippen LogP contribution is -2.31. The van der Waals surface area contributed by atoms with Gasteiger partial charge in [0.05, 0.1) is 5.88 Å². The number of hydrogen-bond donors (Lipinski definition) is 0. The summed E-state index contributed by atoms with van der Waals surface area (Å²) in [6.45, 7) is 1.05. The molecule has 0 radical (unpaired) electrons. The molecule has 4 rings (SSSR count). The summed E-state index contributed by atoms with van der Waals surface area (Å²) in [4.78, 5) is 23.6. The summed E-state index contributed by atoms with van der Waals surface area (Å²) in [6, 6.07) is 11.2. The molecular formula is C17H15ClN4OS. The molecule has 0 atom stereocenters. The molecular weight excluding hydrogens is 344 g/mol. The summed E-state index contributed by atoms with van der Waals surface area (Å²) >= 11 is 7.76. The van der Waals surface area contributed by atoms with Crippen LogP contribution >= 0.6 is 23.4 Å².